The molecule has 0 saturated heterocycles. The minimum absolute atomic E-state index is 0.139. The molecule has 3 heterocycles. The van der Waals surface area contributed by atoms with Gasteiger partial charge in [0.1, 0.15) is 23.1 Å². The second kappa shape index (κ2) is 15.1. The van der Waals surface area contributed by atoms with Gasteiger partial charge in [-0.15, -0.1) is 11.3 Å². The number of carbonyl (C=O) groups excluding carboxylic acids is 3. The number of fused-ring (bicyclic) bond motifs is 3. The number of ether oxygens (including phenoxy) is 2. The van der Waals surface area contributed by atoms with Gasteiger partial charge in [-0.05, 0) is 83.3 Å². The average molecular weight is 790 g/mol. The highest BCUT2D eigenvalue weighted by atomic mass is 32.2. The van der Waals surface area contributed by atoms with Gasteiger partial charge >= 0.3 is 0 Å². The number of nitrogens with one attached hydrogen (secondary N) is 2. The summed E-state index contributed by atoms with van der Waals surface area (Å²) in [6, 6.07) is 5.74. The van der Waals surface area contributed by atoms with Crippen LogP contribution < -0.4 is 19.5 Å². The molecule has 1 aromatic carbocycles. The van der Waals surface area contributed by atoms with Crippen LogP contribution in [-0.2, 0) is 24.4 Å². The van der Waals surface area contributed by atoms with Crippen LogP contribution in [0.25, 0.3) is 22.3 Å². The Balaban J connectivity index is 1.10. The van der Waals surface area contributed by atoms with Crippen LogP contribution in [0.3, 0.4) is 0 Å². The van der Waals surface area contributed by atoms with E-state index in [-0.39, 0.29) is 18.2 Å². The van der Waals surface area contributed by atoms with Crippen LogP contribution in [0, 0.1) is 24.7 Å². The minimum atomic E-state index is -3.83. The standard InChI is InChI=1S/C41H51N5O7S2/c1-24-34(52-3)17-16-29-35(21-32(42-36(24)29)33-23-54-38(43-33)25-11-7-6-8-12-25)53-27-19-30-31(20-27)39(48)46(2)18-10-5-4-9-13-26-22-41(26,44-37(30)47)40(49)45-55(50,51)28-14-15-28/h9,13,16-17,21,23,25-28,30-31H,4-8,10-12,14-15,18-20,22H2,1-3H3,(H,44,47)(H,45,49)/b13-9+/t26-,27?,30?,31?,41?/m0/s1. The lowest BCUT2D eigenvalue weighted by Gasteiger charge is -2.26. The third-order valence-electron chi connectivity index (χ3n) is 12.4. The number of rotatable bonds is 8. The maximum Gasteiger partial charge on any atom is 0.259 e. The fourth-order valence-electron chi connectivity index (χ4n) is 8.84. The Morgan fingerprint density at radius 3 is 2.55 bits per heavy atom. The van der Waals surface area contributed by atoms with Crippen molar-refractivity contribution in [2.45, 2.75) is 113 Å². The van der Waals surface area contributed by atoms with Crippen molar-refractivity contribution in [2.75, 3.05) is 20.7 Å². The number of pyridine rings is 1. The van der Waals surface area contributed by atoms with Gasteiger partial charge < -0.3 is 19.7 Å². The molecule has 4 saturated carbocycles. The van der Waals surface area contributed by atoms with Crippen LogP contribution in [0.5, 0.6) is 11.5 Å². The first-order valence-corrected chi connectivity index (χ1v) is 22.3. The zero-order valence-corrected chi connectivity index (χ0v) is 33.5. The number of hydrogen-bond donors (Lipinski definition) is 2. The van der Waals surface area contributed by atoms with Crippen LogP contribution in [0.2, 0.25) is 0 Å². The first-order chi connectivity index (χ1) is 26.5. The van der Waals surface area contributed by atoms with E-state index in [9.17, 15) is 22.8 Å². The summed E-state index contributed by atoms with van der Waals surface area (Å²) >= 11 is 1.68. The van der Waals surface area contributed by atoms with Gasteiger partial charge in [0, 0.05) is 47.8 Å². The normalized spacial score (nSPS) is 28.5. The highest BCUT2D eigenvalue weighted by Gasteiger charge is 2.62. The Morgan fingerprint density at radius 1 is 1.00 bits per heavy atom. The number of methoxy groups -OCH3 is 1. The van der Waals surface area contributed by atoms with Crippen LogP contribution >= 0.6 is 11.3 Å². The number of sulfonamides is 1. The molecule has 8 rings (SSSR count). The first-order valence-electron chi connectivity index (χ1n) is 19.9. The Hall–Kier alpha value is -4.04. The predicted octanol–water partition coefficient (Wildman–Crippen LogP) is 6.18. The van der Waals surface area contributed by atoms with Crippen molar-refractivity contribution in [1.82, 2.24) is 24.9 Å². The van der Waals surface area contributed by atoms with Crippen molar-refractivity contribution in [3.05, 3.63) is 46.3 Å². The van der Waals surface area contributed by atoms with Gasteiger partial charge in [0.25, 0.3) is 5.91 Å². The molecule has 5 aliphatic rings. The van der Waals surface area contributed by atoms with Crippen molar-refractivity contribution in [3.63, 3.8) is 0 Å². The van der Waals surface area contributed by atoms with Gasteiger partial charge in [0.05, 0.1) is 46.1 Å². The van der Waals surface area contributed by atoms with Gasteiger partial charge in [-0.25, -0.2) is 18.4 Å². The number of aromatic nitrogens is 2. The molecule has 3 aromatic rings. The number of allylic oxidation sites excluding steroid dienone is 1. The lowest BCUT2D eigenvalue weighted by Crippen LogP contribution is -2.54. The third kappa shape index (κ3) is 7.60. The van der Waals surface area contributed by atoms with Gasteiger partial charge in [-0.1, -0.05) is 31.4 Å². The highest BCUT2D eigenvalue weighted by Crippen LogP contribution is 2.47. The number of nitrogens with zero attached hydrogens (tertiary/aromatic N) is 3. The zero-order chi connectivity index (χ0) is 38.5. The number of thiazole rings is 1. The lowest BCUT2D eigenvalue weighted by molar-refractivity contribution is -0.140. The van der Waals surface area contributed by atoms with E-state index in [0.717, 1.165) is 59.3 Å². The molecule has 4 fully saturated rings. The lowest BCUT2D eigenvalue weighted by atomic mass is 9.90. The SMILES string of the molecule is COc1ccc2c(OC3CC4C(=O)NC5(C(=O)NS(=O)(=O)C6CC6)C[C@@H]5/C=C/CCCCN(C)C(=O)C4C3)cc(-c3csc(C4CCCCC4)n3)nc2c1C. The molecule has 4 aliphatic carbocycles. The second-order valence-electron chi connectivity index (χ2n) is 16.3. The van der Waals surface area contributed by atoms with Crippen LogP contribution in [0.15, 0.2) is 35.7 Å². The number of benzene rings is 1. The van der Waals surface area contributed by atoms with Crippen LogP contribution in [-0.4, -0.2) is 78.6 Å². The largest absolute Gasteiger partial charge is 0.496 e. The third-order valence-corrected chi connectivity index (χ3v) is 15.2. The smallest absolute Gasteiger partial charge is 0.259 e. The quantitative estimate of drug-likeness (QED) is 0.255. The summed E-state index contributed by atoms with van der Waals surface area (Å²) in [7, 11) is -0.422. The fraction of sp³-hybridized carbons (Fsp3) is 0.585. The molecule has 5 atom stereocenters. The summed E-state index contributed by atoms with van der Waals surface area (Å²) in [5.41, 5.74) is 1.67. The molecule has 1 aliphatic heterocycles. The van der Waals surface area contributed by atoms with Crippen LogP contribution in [0.4, 0.5) is 0 Å². The van der Waals surface area contributed by atoms with Gasteiger partial charge in [0.15, 0.2) is 0 Å². The van der Waals surface area contributed by atoms with E-state index in [0.29, 0.717) is 55.3 Å². The van der Waals surface area contributed by atoms with E-state index in [2.05, 4.69) is 15.4 Å². The van der Waals surface area contributed by atoms with E-state index < -0.39 is 50.6 Å². The van der Waals surface area contributed by atoms with E-state index in [4.69, 9.17) is 19.4 Å². The number of hydrogen-bond acceptors (Lipinski definition) is 10. The molecule has 55 heavy (non-hydrogen) atoms. The Labute approximate surface area is 326 Å². The summed E-state index contributed by atoms with van der Waals surface area (Å²) in [6.45, 7) is 2.53. The van der Waals surface area contributed by atoms with Gasteiger partial charge in [-0.2, -0.15) is 0 Å². The molecule has 3 amide bonds. The average Bonchev–Trinajstić information content (AvgIpc) is 4.06. The van der Waals surface area contributed by atoms with Crippen molar-refractivity contribution >= 4 is 50.0 Å². The minimum Gasteiger partial charge on any atom is -0.496 e. The van der Waals surface area contributed by atoms with Gasteiger partial charge in [-0.3, -0.25) is 19.1 Å². The Bertz CT molecular complexity index is 2130. The first kappa shape index (κ1) is 37.9. The molecule has 0 spiro atoms. The summed E-state index contributed by atoms with van der Waals surface area (Å²) in [5, 5.41) is 6.39. The van der Waals surface area contributed by atoms with Crippen molar-refractivity contribution in [1.29, 1.82) is 0 Å². The maximum atomic E-state index is 14.4. The van der Waals surface area contributed by atoms with Crippen LogP contribution in [0.1, 0.15) is 100.0 Å². The molecule has 12 nitrogen and oxygen atoms in total. The van der Waals surface area contributed by atoms with Crippen molar-refractivity contribution in [2.24, 2.45) is 17.8 Å². The second-order valence-corrected chi connectivity index (χ2v) is 19.1. The molecular weight excluding hydrogens is 739 g/mol. The van der Waals surface area contributed by atoms with Crippen molar-refractivity contribution < 1.29 is 32.3 Å². The topological polar surface area (TPSA) is 157 Å². The number of amides is 3. The molecule has 2 N–H and O–H groups in total. The van der Waals surface area contributed by atoms with E-state index in [1.54, 1.807) is 30.4 Å². The zero-order valence-electron chi connectivity index (χ0n) is 31.8. The highest BCUT2D eigenvalue weighted by molar-refractivity contribution is 7.91. The summed E-state index contributed by atoms with van der Waals surface area (Å²) < 4.78 is 40.4. The van der Waals surface area contributed by atoms with Crippen molar-refractivity contribution in [3.8, 4) is 22.9 Å². The molecule has 0 radical (unpaired) electrons. The molecule has 294 valence electrons. The predicted molar refractivity (Wildman–Crippen MR) is 210 cm³/mol. The molecule has 4 unspecified atom stereocenters. The monoisotopic (exact) mass is 789 g/mol. The summed E-state index contributed by atoms with van der Waals surface area (Å²) in [6.07, 6.45) is 13.7. The molecular formula is C41H51N5O7S2. The van der Waals surface area contributed by atoms with E-state index >= 15 is 0 Å². The summed E-state index contributed by atoms with van der Waals surface area (Å²) in [4.78, 5) is 54.0. The van der Waals surface area contributed by atoms with E-state index in [1.807, 2.05) is 37.3 Å². The van der Waals surface area contributed by atoms with Gasteiger partial charge in [0.2, 0.25) is 21.8 Å². The number of carbonyl (C=O) groups is 3. The Kier molecular flexibility index (Phi) is 10.4. The molecule has 2 aromatic heterocycles. The maximum absolute atomic E-state index is 14.4. The fourth-order valence-corrected chi connectivity index (χ4v) is 11.2. The van der Waals surface area contributed by atoms with E-state index in [1.165, 1.54) is 19.3 Å². The molecule has 0 bridgehead atoms. The summed E-state index contributed by atoms with van der Waals surface area (Å²) in [5.74, 6) is -1.36. The molecule has 14 heteroatoms. The Morgan fingerprint density at radius 2 is 1.78 bits per heavy atom. The number of aryl methyl sites for hydroxylation is 1.